The number of imidazole rings is 1. The minimum atomic E-state index is 0.456. The maximum absolute atomic E-state index is 4.53. The van der Waals surface area contributed by atoms with Gasteiger partial charge in [0.05, 0.1) is 5.69 Å². The number of anilines is 1. The summed E-state index contributed by atoms with van der Waals surface area (Å²) in [6.45, 7) is 10.0. The Kier molecular flexibility index (Phi) is 3.55. The molecular formula is C14H23N3. The molecule has 2 rings (SSSR count). The van der Waals surface area contributed by atoms with Crippen LogP contribution in [0.25, 0.3) is 0 Å². The molecule has 1 saturated carbocycles. The topological polar surface area (TPSA) is 29.9 Å². The molecule has 3 heteroatoms. The highest BCUT2D eigenvalue weighted by atomic mass is 15.2. The van der Waals surface area contributed by atoms with Gasteiger partial charge in [-0.2, -0.15) is 0 Å². The molecule has 1 fully saturated rings. The third kappa shape index (κ3) is 2.90. The molecule has 0 aromatic carbocycles. The second-order valence-corrected chi connectivity index (χ2v) is 5.52. The maximum atomic E-state index is 4.53. The molecule has 0 aliphatic heterocycles. The summed E-state index contributed by atoms with van der Waals surface area (Å²) in [6.07, 6.45) is 9.44. The van der Waals surface area contributed by atoms with Gasteiger partial charge in [-0.25, -0.2) is 4.98 Å². The molecule has 0 amide bonds. The third-order valence-corrected chi connectivity index (χ3v) is 3.66. The largest absolute Gasteiger partial charge is 0.352 e. The minimum absolute atomic E-state index is 0.456. The van der Waals surface area contributed by atoms with Crippen molar-refractivity contribution < 1.29 is 0 Å². The van der Waals surface area contributed by atoms with Crippen LogP contribution in [0.15, 0.2) is 18.9 Å². The van der Waals surface area contributed by atoms with Gasteiger partial charge in [-0.15, -0.1) is 6.58 Å². The summed E-state index contributed by atoms with van der Waals surface area (Å²) in [5, 5.41) is 3.31. The minimum Gasteiger partial charge on any atom is -0.352 e. The van der Waals surface area contributed by atoms with Crippen LogP contribution in [-0.4, -0.2) is 16.1 Å². The van der Waals surface area contributed by atoms with Crippen LogP contribution in [-0.2, 0) is 6.54 Å². The molecule has 17 heavy (non-hydrogen) atoms. The van der Waals surface area contributed by atoms with Crippen molar-refractivity contribution in [1.29, 1.82) is 0 Å². The zero-order valence-electron chi connectivity index (χ0n) is 11.0. The third-order valence-electron chi connectivity index (χ3n) is 3.66. The van der Waals surface area contributed by atoms with Gasteiger partial charge in [0.1, 0.15) is 0 Å². The highest BCUT2D eigenvalue weighted by Crippen LogP contribution is 2.39. The molecular weight excluding hydrogens is 210 g/mol. The first-order valence-electron chi connectivity index (χ1n) is 6.51. The van der Waals surface area contributed by atoms with Crippen molar-refractivity contribution in [3.05, 3.63) is 24.5 Å². The molecule has 1 aromatic rings. The Bertz CT molecular complexity index is 386. The molecule has 0 bridgehead atoms. The summed E-state index contributed by atoms with van der Waals surface area (Å²) in [7, 11) is 0. The lowest BCUT2D eigenvalue weighted by molar-refractivity contribution is 0.283. The number of nitrogens with one attached hydrogen (secondary N) is 1. The highest BCUT2D eigenvalue weighted by Gasteiger charge is 2.29. The van der Waals surface area contributed by atoms with E-state index in [0.29, 0.717) is 5.41 Å². The number of rotatable bonds is 5. The Morgan fingerprint density at radius 1 is 1.53 bits per heavy atom. The van der Waals surface area contributed by atoms with E-state index in [4.69, 9.17) is 0 Å². The molecule has 1 N–H and O–H groups in total. The Balaban J connectivity index is 2.10. The molecule has 1 aliphatic rings. The van der Waals surface area contributed by atoms with Crippen molar-refractivity contribution in [2.45, 2.75) is 46.1 Å². The molecule has 94 valence electrons. The summed E-state index contributed by atoms with van der Waals surface area (Å²) in [5.41, 5.74) is 1.54. The number of hydrogen-bond donors (Lipinski definition) is 1. The SMILES string of the molecule is C=CCNc1nc(C)cn1CC1(C)CCCC1. The smallest absolute Gasteiger partial charge is 0.203 e. The van der Waals surface area contributed by atoms with E-state index in [2.05, 4.69) is 34.6 Å². The number of hydrogen-bond acceptors (Lipinski definition) is 2. The van der Waals surface area contributed by atoms with Crippen molar-refractivity contribution in [1.82, 2.24) is 9.55 Å². The monoisotopic (exact) mass is 233 g/mol. The van der Waals surface area contributed by atoms with Gasteiger partial charge >= 0.3 is 0 Å². The number of aryl methyl sites for hydroxylation is 1. The van der Waals surface area contributed by atoms with E-state index in [1.54, 1.807) is 0 Å². The maximum Gasteiger partial charge on any atom is 0.203 e. The average Bonchev–Trinajstić information content (AvgIpc) is 2.83. The Labute approximate surface area is 104 Å². The van der Waals surface area contributed by atoms with Crippen LogP contribution in [0, 0.1) is 12.3 Å². The van der Waals surface area contributed by atoms with Gasteiger partial charge in [-0.05, 0) is 25.2 Å². The quantitative estimate of drug-likeness (QED) is 0.790. The second-order valence-electron chi connectivity index (χ2n) is 5.52. The molecule has 0 spiro atoms. The molecule has 1 aromatic heterocycles. The van der Waals surface area contributed by atoms with E-state index in [0.717, 1.165) is 24.7 Å². The molecule has 1 aliphatic carbocycles. The van der Waals surface area contributed by atoms with E-state index in [9.17, 15) is 0 Å². The molecule has 0 atom stereocenters. The normalized spacial score (nSPS) is 18.2. The highest BCUT2D eigenvalue weighted by molar-refractivity contribution is 5.29. The van der Waals surface area contributed by atoms with Crippen LogP contribution in [0.1, 0.15) is 38.3 Å². The molecule has 1 heterocycles. The van der Waals surface area contributed by atoms with Gasteiger partial charge in [0.25, 0.3) is 0 Å². The average molecular weight is 233 g/mol. The lowest BCUT2D eigenvalue weighted by atomic mass is 9.89. The van der Waals surface area contributed by atoms with Crippen molar-refractivity contribution in [2.75, 3.05) is 11.9 Å². The van der Waals surface area contributed by atoms with Crippen molar-refractivity contribution >= 4 is 5.95 Å². The zero-order valence-corrected chi connectivity index (χ0v) is 11.0. The summed E-state index contributed by atoms with van der Waals surface area (Å²) in [4.78, 5) is 4.53. The van der Waals surface area contributed by atoms with Crippen LogP contribution in [0.3, 0.4) is 0 Å². The van der Waals surface area contributed by atoms with Crippen LogP contribution in [0.5, 0.6) is 0 Å². The first-order valence-corrected chi connectivity index (χ1v) is 6.51. The van der Waals surface area contributed by atoms with Crippen LogP contribution in [0.4, 0.5) is 5.95 Å². The van der Waals surface area contributed by atoms with E-state index in [1.165, 1.54) is 25.7 Å². The summed E-state index contributed by atoms with van der Waals surface area (Å²) in [6, 6.07) is 0. The van der Waals surface area contributed by atoms with Gasteiger partial charge in [-0.3, -0.25) is 0 Å². The van der Waals surface area contributed by atoms with Crippen molar-refractivity contribution in [3.63, 3.8) is 0 Å². The van der Waals surface area contributed by atoms with Gasteiger partial charge in [0.15, 0.2) is 0 Å². The van der Waals surface area contributed by atoms with Crippen molar-refractivity contribution in [2.24, 2.45) is 5.41 Å². The summed E-state index contributed by atoms with van der Waals surface area (Å²) in [5.74, 6) is 0.982. The summed E-state index contributed by atoms with van der Waals surface area (Å²) < 4.78 is 2.27. The van der Waals surface area contributed by atoms with E-state index in [-0.39, 0.29) is 0 Å². The standard InChI is InChI=1S/C14H23N3/c1-4-9-15-13-16-12(2)10-17(13)11-14(3)7-5-6-8-14/h4,10H,1,5-9,11H2,2-3H3,(H,15,16). The Hall–Kier alpha value is -1.25. The molecule has 3 nitrogen and oxygen atoms in total. The van der Waals surface area contributed by atoms with Gasteiger partial charge in [0.2, 0.25) is 5.95 Å². The summed E-state index contributed by atoms with van der Waals surface area (Å²) >= 11 is 0. The van der Waals surface area contributed by atoms with Crippen LogP contribution < -0.4 is 5.32 Å². The first kappa shape index (κ1) is 12.2. The lowest BCUT2D eigenvalue weighted by Gasteiger charge is -2.24. The second kappa shape index (κ2) is 4.94. The molecule has 0 saturated heterocycles. The van der Waals surface area contributed by atoms with Gasteiger partial charge in [-0.1, -0.05) is 25.8 Å². The Morgan fingerprint density at radius 3 is 2.88 bits per heavy atom. The van der Waals surface area contributed by atoms with Gasteiger partial charge in [0, 0.05) is 19.3 Å². The first-order chi connectivity index (χ1) is 8.13. The van der Waals surface area contributed by atoms with E-state index >= 15 is 0 Å². The predicted octanol–water partition coefficient (Wildman–Crippen LogP) is 3.37. The van der Waals surface area contributed by atoms with E-state index < -0.39 is 0 Å². The van der Waals surface area contributed by atoms with Crippen molar-refractivity contribution in [3.8, 4) is 0 Å². The number of aromatic nitrogens is 2. The Morgan fingerprint density at radius 2 is 2.24 bits per heavy atom. The molecule has 0 unspecified atom stereocenters. The fourth-order valence-corrected chi connectivity index (χ4v) is 2.77. The van der Waals surface area contributed by atoms with Crippen LogP contribution >= 0.6 is 0 Å². The lowest BCUT2D eigenvalue weighted by Crippen LogP contribution is -2.20. The zero-order chi connectivity index (χ0) is 12.3. The fraction of sp³-hybridized carbons (Fsp3) is 0.643. The predicted molar refractivity (Wildman–Crippen MR) is 72.2 cm³/mol. The van der Waals surface area contributed by atoms with Crippen LogP contribution in [0.2, 0.25) is 0 Å². The van der Waals surface area contributed by atoms with Gasteiger partial charge < -0.3 is 9.88 Å². The number of nitrogens with zero attached hydrogens (tertiary/aromatic N) is 2. The fourth-order valence-electron chi connectivity index (χ4n) is 2.77. The molecule has 0 radical (unpaired) electrons. The van der Waals surface area contributed by atoms with E-state index in [1.807, 2.05) is 13.0 Å².